The van der Waals surface area contributed by atoms with Gasteiger partial charge in [0.2, 0.25) is 5.16 Å². The monoisotopic (exact) mass is 374 g/mol. The number of para-hydroxylation sites is 1. The number of rotatable bonds is 4. The quantitative estimate of drug-likeness (QED) is 0.508. The molecule has 0 radical (unpaired) electrons. The van der Waals surface area contributed by atoms with Crippen molar-refractivity contribution in [3.05, 3.63) is 83.2 Å². The van der Waals surface area contributed by atoms with Crippen LogP contribution in [-0.2, 0) is 6.42 Å². The van der Waals surface area contributed by atoms with E-state index in [1.54, 1.807) is 11.8 Å². The van der Waals surface area contributed by atoms with Crippen molar-refractivity contribution >= 4 is 28.4 Å². The van der Waals surface area contributed by atoms with Gasteiger partial charge in [0.05, 0.1) is 11.7 Å². The van der Waals surface area contributed by atoms with Crippen molar-refractivity contribution in [2.75, 3.05) is 5.43 Å². The highest BCUT2D eigenvalue weighted by molar-refractivity contribution is 8.02. The second kappa shape index (κ2) is 6.61. The van der Waals surface area contributed by atoms with Gasteiger partial charge in [-0.05, 0) is 23.6 Å². The van der Waals surface area contributed by atoms with Crippen LogP contribution < -0.4 is 11.2 Å². The summed E-state index contributed by atoms with van der Waals surface area (Å²) in [4.78, 5) is 3.30. The van der Waals surface area contributed by atoms with E-state index in [2.05, 4.69) is 44.9 Å². The van der Waals surface area contributed by atoms with Gasteiger partial charge in [-0.25, -0.2) is 4.68 Å². The van der Waals surface area contributed by atoms with E-state index in [4.69, 9.17) is 5.73 Å². The lowest BCUT2D eigenvalue weighted by Crippen LogP contribution is -2.25. The molecule has 5 rings (SSSR count). The Morgan fingerprint density at radius 3 is 2.74 bits per heavy atom. The van der Waals surface area contributed by atoms with Crippen molar-refractivity contribution < 1.29 is 0 Å². The highest BCUT2D eigenvalue weighted by Crippen LogP contribution is 2.30. The molecule has 0 saturated carbocycles. The van der Waals surface area contributed by atoms with Gasteiger partial charge in [-0.3, -0.25) is 5.43 Å². The molecule has 0 spiro atoms. The fourth-order valence-corrected chi connectivity index (χ4v) is 4.08. The number of aromatic amines is 1. The van der Waals surface area contributed by atoms with Crippen LogP contribution in [0.2, 0.25) is 0 Å². The van der Waals surface area contributed by atoms with Gasteiger partial charge in [-0.2, -0.15) is 0 Å². The number of nitrogens with zero attached hydrogens (tertiary/aromatic N) is 3. The molecule has 0 fully saturated rings. The third kappa shape index (κ3) is 2.90. The Morgan fingerprint density at radius 2 is 1.85 bits per heavy atom. The molecule has 1 aliphatic heterocycles. The summed E-state index contributed by atoms with van der Waals surface area (Å²) in [6.45, 7) is 0. The molecule has 3 heterocycles. The average Bonchev–Trinajstić information content (AvgIpc) is 3.32. The standard InChI is InChI=1S/C20H18N6S/c21-16(10-14-11-22-17-9-5-4-8-15(14)17)19-23-24-20-26(19)25-18(12-27-20)13-6-2-1-3-7-13/h1-9,11-12,16,22,25H,10,21H2/t16-/m0/s1. The molecule has 7 heteroatoms. The maximum Gasteiger partial charge on any atom is 0.214 e. The van der Waals surface area contributed by atoms with Crippen LogP contribution in [0.1, 0.15) is 23.0 Å². The largest absolute Gasteiger partial charge is 0.361 e. The second-order valence-corrected chi connectivity index (χ2v) is 7.31. The van der Waals surface area contributed by atoms with E-state index in [-0.39, 0.29) is 6.04 Å². The molecule has 2 aromatic carbocycles. The summed E-state index contributed by atoms with van der Waals surface area (Å²) in [5.74, 6) is 0.726. The predicted octanol–water partition coefficient (Wildman–Crippen LogP) is 3.65. The maximum atomic E-state index is 6.52. The van der Waals surface area contributed by atoms with Crippen LogP contribution in [0.3, 0.4) is 0 Å². The first-order valence-corrected chi connectivity index (χ1v) is 9.63. The fraction of sp³-hybridized carbons (Fsp3) is 0.100. The zero-order valence-electron chi connectivity index (χ0n) is 14.5. The molecule has 2 aromatic heterocycles. The van der Waals surface area contributed by atoms with Crippen molar-refractivity contribution in [3.8, 4) is 0 Å². The van der Waals surface area contributed by atoms with E-state index >= 15 is 0 Å². The Bertz CT molecular complexity index is 1130. The van der Waals surface area contributed by atoms with Gasteiger partial charge in [0.15, 0.2) is 5.82 Å². The Balaban J connectivity index is 1.42. The van der Waals surface area contributed by atoms with E-state index in [1.165, 1.54) is 10.9 Å². The highest BCUT2D eigenvalue weighted by atomic mass is 32.2. The van der Waals surface area contributed by atoms with Crippen LogP contribution in [0.25, 0.3) is 16.6 Å². The fourth-order valence-electron chi connectivity index (χ4n) is 3.34. The number of fused-ring (bicyclic) bond motifs is 2. The normalized spacial score (nSPS) is 14.5. The van der Waals surface area contributed by atoms with Gasteiger partial charge >= 0.3 is 0 Å². The third-order valence-electron chi connectivity index (χ3n) is 4.70. The lowest BCUT2D eigenvalue weighted by Gasteiger charge is -2.21. The molecule has 27 heavy (non-hydrogen) atoms. The van der Waals surface area contributed by atoms with Crippen LogP contribution >= 0.6 is 11.8 Å². The molecular formula is C20H18N6S. The van der Waals surface area contributed by atoms with Crippen molar-refractivity contribution in [3.63, 3.8) is 0 Å². The zero-order chi connectivity index (χ0) is 18.2. The van der Waals surface area contributed by atoms with Gasteiger partial charge in [0.1, 0.15) is 0 Å². The summed E-state index contributed by atoms with van der Waals surface area (Å²) in [7, 11) is 0. The first kappa shape index (κ1) is 16.2. The molecule has 1 atom stereocenters. The average molecular weight is 374 g/mol. The second-order valence-electron chi connectivity index (χ2n) is 6.47. The van der Waals surface area contributed by atoms with Crippen molar-refractivity contribution in [2.45, 2.75) is 17.6 Å². The van der Waals surface area contributed by atoms with E-state index < -0.39 is 0 Å². The molecular weight excluding hydrogens is 356 g/mol. The summed E-state index contributed by atoms with van der Waals surface area (Å²) in [6.07, 6.45) is 2.70. The first-order valence-electron chi connectivity index (χ1n) is 8.75. The van der Waals surface area contributed by atoms with Gasteiger partial charge in [0, 0.05) is 22.5 Å². The number of H-pyrrole nitrogens is 1. The molecule has 0 amide bonds. The summed E-state index contributed by atoms with van der Waals surface area (Å²) in [6, 6.07) is 18.2. The number of nitrogens with one attached hydrogen (secondary N) is 2. The maximum absolute atomic E-state index is 6.52. The first-order chi connectivity index (χ1) is 13.3. The molecule has 4 N–H and O–H groups in total. The van der Waals surface area contributed by atoms with Crippen LogP contribution in [0.5, 0.6) is 0 Å². The third-order valence-corrected chi connectivity index (χ3v) is 5.53. The molecule has 0 bridgehead atoms. The topological polar surface area (TPSA) is 84.6 Å². The van der Waals surface area contributed by atoms with Gasteiger partial charge in [-0.15, -0.1) is 10.2 Å². The van der Waals surface area contributed by atoms with Gasteiger partial charge < -0.3 is 10.7 Å². The molecule has 6 nitrogen and oxygen atoms in total. The Labute approximate surface area is 160 Å². The molecule has 4 aromatic rings. The van der Waals surface area contributed by atoms with E-state index in [0.717, 1.165) is 27.8 Å². The molecule has 0 unspecified atom stereocenters. The van der Waals surface area contributed by atoms with Crippen molar-refractivity contribution in [2.24, 2.45) is 5.73 Å². The molecule has 1 aliphatic rings. The highest BCUT2D eigenvalue weighted by Gasteiger charge is 2.23. The Kier molecular flexibility index (Phi) is 3.95. The smallest absolute Gasteiger partial charge is 0.214 e. The number of benzene rings is 2. The minimum atomic E-state index is -0.270. The van der Waals surface area contributed by atoms with Crippen LogP contribution in [0.15, 0.2) is 71.4 Å². The molecule has 134 valence electrons. The summed E-state index contributed by atoms with van der Waals surface area (Å²) >= 11 is 1.54. The molecule has 0 aliphatic carbocycles. The van der Waals surface area contributed by atoms with Gasteiger partial charge in [0.25, 0.3) is 0 Å². The Hall–Kier alpha value is -3.03. The number of hydrogen-bond acceptors (Lipinski definition) is 5. The number of thioether (sulfide) groups is 1. The minimum absolute atomic E-state index is 0.270. The van der Waals surface area contributed by atoms with Gasteiger partial charge in [-0.1, -0.05) is 60.3 Å². The summed E-state index contributed by atoms with van der Waals surface area (Å²) in [5, 5.41) is 12.7. The number of aromatic nitrogens is 4. The van der Waals surface area contributed by atoms with Crippen LogP contribution in [0, 0.1) is 0 Å². The SMILES string of the molecule is N[C@@H](Cc1c[nH]c2ccccc12)c1nnc2n1NC(c1ccccc1)=CS2. The number of hydrogen-bond donors (Lipinski definition) is 3. The lowest BCUT2D eigenvalue weighted by molar-refractivity contribution is 0.629. The number of nitrogens with two attached hydrogens (primary N) is 1. The van der Waals surface area contributed by atoms with Crippen LogP contribution in [-0.4, -0.2) is 19.9 Å². The Morgan fingerprint density at radius 1 is 1.04 bits per heavy atom. The van der Waals surface area contributed by atoms with E-state index in [1.807, 2.05) is 46.6 Å². The molecule has 0 saturated heterocycles. The van der Waals surface area contributed by atoms with Crippen molar-refractivity contribution in [1.82, 2.24) is 19.9 Å². The van der Waals surface area contributed by atoms with Crippen molar-refractivity contribution in [1.29, 1.82) is 0 Å². The predicted molar refractivity (Wildman–Crippen MR) is 109 cm³/mol. The van der Waals surface area contributed by atoms with E-state index in [9.17, 15) is 0 Å². The zero-order valence-corrected chi connectivity index (χ0v) is 15.3. The lowest BCUT2D eigenvalue weighted by atomic mass is 10.1. The van der Waals surface area contributed by atoms with Crippen LogP contribution in [0.4, 0.5) is 0 Å². The van der Waals surface area contributed by atoms with E-state index in [0.29, 0.717) is 6.42 Å². The minimum Gasteiger partial charge on any atom is -0.361 e. The summed E-state index contributed by atoms with van der Waals surface area (Å²) < 4.78 is 1.90. The summed E-state index contributed by atoms with van der Waals surface area (Å²) in [5.41, 5.74) is 14.3.